The Morgan fingerprint density at radius 1 is 1.16 bits per heavy atom. The average Bonchev–Trinajstić information content (AvgIpc) is 2.47. The van der Waals surface area contributed by atoms with Crippen LogP contribution in [-0.4, -0.2) is 30.2 Å². The molecule has 1 amide bonds. The lowest BCUT2D eigenvalue weighted by atomic mass is 9.73. The van der Waals surface area contributed by atoms with Gasteiger partial charge >= 0.3 is 0 Å². The number of carbonyl (C=O) groups is 1. The molecule has 4 N–H and O–H groups in total. The second-order valence-electron chi connectivity index (χ2n) is 6.43. The summed E-state index contributed by atoms with van der Waals surface area (Å²) in [6.07, 6.45) is 9.05. The number of amides is 1. The molecule has 0 heterocycles. The van der Waals surface area contributed by atoms with E-state index in [-0.39, 0.29) is 17.4 Å². The van der Waals surface area contributed by atoms with Crippen LogP contribution in [0.5, 0.6) is 0 Å². The number of aliphatic hydroxyl groups excluding tert-OH is 1. The Morgan fingerprint density at radius 3 is 2.37 bits per heavy atom. The fraction of sp³-hybridized carbons (Fsp3) is 0.933. The van der Waals surface area contributed by atoms with Crippen molar-refractivity contribution in [2.24, 2.45) is 17.1 Å². The van der Waals surface area contributed by atoms with E-state index >= 15 is 0 Å². The van der Waals surface area contributed by atoms with Crippen molar-refractivity contribution in [3.05, 3.63) is 0 Å². The third kappa shape index (κ3) is 3.69. The van der Waals surface area contributed by atoms with Crippen molar-refractivity contribution < 1.29 is 9.90 Å². The molecule has 2 fully saturated rings. The fourth-order valence-electron chi connectivity index (χ4n) is 3.53. The molecule has 0 radical (unpaired) electrons. The standard InChI is InChI=1S/C15H28N2O2/c16-11-15(8-2-1-3-9-15)14(19)17-10-12-4-6-13(18)7-5-12/h12-13,18H,1-11,16H2,(H,17,19). The molecule has 0 bridgehead atoms. The highest BCUT2D eigenvalue weighted by atomic mass is 16.3. The highest BCUT2D eigenvalue weighted by Gasteiger charge is 2.38. The zero-order chi connectivity index (χ0) is 13.7. The lowest BCUT2D eigenvalue weighted by Crippen LogP contribution is -2.48. The molecule has 2 rings (SSSR count). The summed E-state index contributed by atoms with van der Waals surface area (Å²) >= 11 is 0. The van der Waals surface area contributed by atoms with E-state index in [0.717, 1.165) is 57.9 Å². The molecule has 0 aromatic rings. The van der Waals surface area contributed by atoms with Gasteiger partial charge in [-0.3, -0.25) is 4.79 Å². The van der Waals surface area contributed by atoms with Crippen LogP contribution >= 0.6 is 0 Å². The van der Waals surface area contributed by atoms with Gasteiger partial charge in [-0.25, -0.2) is 0 Å². The van der Waals surface area contributed by atoms with Crippen molar-refractivity contribution >= 4 is 5.91 Å². The summed E-state index contributed by atoms with van der Waals surface area (Å²) in [7, 11) is 0. The molecule has 0 aromatic carbocycles. The molecule has 2 saturated carbocycles. The van der Waals surface area contributed by atoms with E-state index in [1.54, 1.807) is 0 Å². The maximum Gasteiger partial charge on any atom is 0.227 e. The highest BCUT2D eigenvalue weighted by Crippen LogP contribution is 2.35. The van der Waals surface area contributed by atoms with Gasteiger partial charge in [0.05, 0.1) is 11.5 Å². The van der Waals surface area contributed by atoms with E-state index in [9.17, 15) is 9.90 Å². The topological polar surface area (TPSA) is 75.4 Å². The van der Waals surface area contributed by atoms with Crippen LogP contribution in [0.2, 0.25) is 0 Å². The molecular weight excluding hydrogens is 240 g/mol. The minimum atomic E-state index is -0.299. The molecular formula is C15H28N2O2. The second kappa shape index (κ2) is 6.71. The number of hydrogen-bond donors (Lipinski definition) is 3. The van der Waals surface area contributed by atoms with E-state index in [2.05, 4.69) is 5.32 Å². The fourth-order valence-corrected chi connectivity index (χ4v) is 3.53. The van der Waals surface area contributed by atoms with E-state index in [4.69, 9.17) is 5.73 Å². The Labute approximate surface area is 116 Å². The van der Waals surface area contributed by atoms with Crippen LogP contribution in [-0.2, 0) is 4.79 Å². The van der Waals surface area contributed by atoms with Crippen LogP contribution in [0, 0.1) is 11.3 Å². The molecule has 19 heavy (non-hydrogen) atoms. The third-order valence-electron chi connectivity index (χ3n) is 5.05. The molecule has 0 aliphatic heterocycles. The first-order chi connectivity index (χ1) is 9.16. The zero-order valence-corrected chi connectivity index (χ0v) is 11.9. The van der Waals surface area contributed by atoms with Crippen molar-refractivity contribution in [1.82, 2.24) is 5.32 Å². The number of carbonyl (C=O) groups excluding carboxylic acids is 1. The van der Waals surface area contributed by atoms with Crippen LogP contribution in [0.4, 0.5) is 0 Å². The largest absolute Gasteiger partial charge is 0.393 e. The van der Waals surface area contributed by atoms with E-state index < -0.39 is 0 Å². The molecule has 0 saturated heterocycles. The highest BCUT2D eigenvalue weighted by molar-refractivity contribution is 5.83. The summed E-state index contributed by atoms with van der Waals surface area (Å²) in [5.74, 6) is 0.701. The van der Waals surface area contributed by atoms with Crippen LogP contribution < -0.4 is 11.1 Å². The molecule has 4 heteroatoms. The van der Waals surface area contributed by atoms with Crippen molar-refractivity contribution in [3.63, 3.8) is 0 Å². The van der Waals surface area contributed by atoms with Gasteiger partial charge in [0.2, 0.25) is 5.91 Å². The van der Waals surface area contributed by atoms with Gasteiger partial charge in [0.1, 0.15) is 0 Å². The number of rotatable bonds is 4. The lowest BCUT2D eigenvalue weighted by Gasteiger charge is -2.35. The predicted molar refractivity (Wildman–Crippen MR) is 75.5 cm³/mol. The Morgan fingerprint density at radius 2 is 1.79 bits per heavy atom. The Kier molecular flexibility index (Phi) is 5.22. The van der Waals surface area contributed by atoms with Gasteiger partial charge in [-0.1, -0.05) is 19.3 Å². The Bertz CT molecular complexity index is 293. The molecule has 0 unspecified atom stereocenters. The monoisotopic (exact) mass is 268 g/mol. The van der Waals surface area contributed by atoms with Crippen LogP contribution in [0.25, 0.3) is 0 Å². The first-order valence-corrected chi connectivity index (χ1v) is 7.83. The summed E-state index contributed by atoms with van der Waals surface area (Å²) in [6, 6.07) is 0. The minimum absolute atomic E-state index is 0.124. The van der Waals surface area contributed by atoms with Crippen molar-refractivity contribution in [1.29, 1.82) is 0 Å². The van der Waals surface area contributed by atoms with Crippen LogP contribution in [0.15, 0.2) is 0 Å². The summed E-state index contributed by atoms with van der Waals surface area (Å²) in [5, 5.41) is 12.6. The number of aliphatic hydroxyl groups is 1. The molecule has 4 nitrogen and oxygen atoms in total. The summed E-state index contributed by atoms with van der Waals surface area (Å²) in [4.78, 5) is 12.4. The van der Waals surface area contributed by atoms with Crippen molar-refractivity contribution in [2.45, 2.75) is 63.9 Å². The molecule has 0 aromatic heterocycles. The average molecular weight is 268 g/mol. The SMILES string of the molecule is NCC1(C(=O)NCC2CCC(O)CC2)CCCCC1. The number of nitrogens with two attached hydrogens (primary N) is 1. The van der Waals surface area contributed by atoms with Crippen LogP contribution in [0.1, 0.15) is 57.8 Å². The van der Waals surface area contributed by atoms with Crippen molar-refractivity contribution in [3.8, 4) is 0 Å². The van der Waals surface area contributed by atoms with Gasteiger partial charge < -0.3 is 16.2 Å². The van der Waals surface area contributed by atoms with E-state index in [1.165, 1.54) is 6.42 Å². The van der Waals surface area contributed by atoms with Crippen LogP contribution in [0.3, 0.4) is 0 Å². The van der Waals surface area contributed by atoms with E-state index in [0.29, 0.717) is 12.5 Å². The normalized spacial score (nSPS) is 30.8. The molecule has 2 aliphatic rings. The van der Waals surface area contributed by atoms with Gasteiger partial charge in [-0.05, 0) is 44.4 Å². The molecule has 110 valence electrons. The second-order valence-corrected chi connectivity index (χ2v) is 6.43. The van der Waals surface area contributed by atoms with E-state index in [1.807, 2.05) is 0 Å². The molecule has 2 aliphatic carbocycles. The smallest absolute Gasteiger partial charge is 0.227 e. The lowest BCUT2D eigenvalue weighted by molar-refractivity contribution is -0.132. The number of nitrogens with one attached hydrogen (secondary N) is 1. The zero-order valence-electron chi connectivity index (χ0n) is 11.9. The first-order valence-electron chi connectivity index (χ1n) is 7.83. The first kappa shape index (κ1) is 14.8. The van der Waals surface area contributed by atoms with Gasteiger partial charge in [-0.2, -0.15) is 0 Å². The Hall–Kier alpha value is -0.610. The maximum atomic E-state index is 12.4. The quantitative estimate of drug-likeness (QED) is 0.724. The minimum Gasteiger partial charge on any atom is -0.393 e. The van der Waals surface area contributed by atoms with Gasteiger partial charge in [-0.15, -0.1) is 0 Å². The third-order valence-corrected chi connectivity index (χ3v) is 5.05. The summed E-state index contributed by atoms with van der Waals surface area (Å²) in [5.41, 5.74) is 5.57. The molecule has 0 spiro atoms. The predicted octanol–water partition coefficient (Wildman–Crippen LogP) is 1.56. The van der Waals surface area contributed by atoms with Gasteiger partial charge in [0, 0.05) is 13.1 Å². The Balaban J connectivity index is 1.79. The summed E-state index contributed by atoms with van der Waals surface area (Å²) < 4.78 is 0. The summed E-state index contributed by atoms with van der Waals surface area (Å²) in [6.45, 7) is 1.23. The van der Waals surface area contributed by atoms with Crippen molar-refractivity contribution in [2.75, 3.05) is 13.1 Å². The van der Waals surface area contributed by atoms with Gasteiger partial charge in [0.15, 0.2) is 0 Å². The molecule has 0 atom stereocenters. The number of hydrogen-bond acceptors (Lipinski definition) is 3. The van der Waals surface area contributed by atoms with Gasteiger partial charge in [0.25, 0.3) is 0 Å². The maximum absolute atomic E-state index is 12.4.